The second kappa shape index (κ2) is 11.0. The maximum atomic E-state index is 14.0. The van der Waals surface area contributed by atoms with Gasteiger partial charge >= 0.3 is 0 Å². The molecule has 0 bridgehead atoms. The van der Waals surface area contributed by atoms with Crippen molar-refractivity contribution in [2.75, 3.05) is 51.3 Å². The van der Waals surface area contributed by atoms with Crippen molar-refractivity contribution in [2.24, 2.45) is 0 Å². The summed E-state index contributed by atoms with van der Waals surface area (Å²) in [5, 5.41) is 0. The SMILES string of the molecule is COc1ccccc1/C=C/CN1CCN(c2cccc3c2C(=O)N(CCc2ccccc2F)C3=O)CC1. The van der Waals surface area contributed by atoms with Crippen LogP contribution in [-0.4, -0.2) is 68.0 Å². The van der Waals surface area contributed by atoms with Crippen molar-refractivity contribution in [3.63, 3.8) is 0 Å². The number of nitrogens with zero attached hydrogens (tertiary/aromatic N) is 3. The van der Waals surface area contributed by atoms with Gasteiger partial charge in [0, 0.05) is 44.8 Å². The molecular formula is C30H30FN3O3. The molecule has 1 saturated heterocycles. The van der Waals surface area contributed by atoms with Crippen LogP contribution < -0.4 is 9.64 Å². The zero-order valence-electron chi connectivity index (χ0n) is 20.9. The maximum absolute atomic E-state index is 14.0. The molecule has 7 heteroatoms. The van der Waals surface area contributed by atoms with Crippen molar-refractivity contribution in [2.45, 2.75) is 6.42 Å². The van der Waals surface area contributed by atoms with Crippen LogP contribution in [0, 0.1) is 5.82 Å². The predicted octanol–water partition coefficient (Wildman–Crippen LogP) is 4.51. The topological polar surface area (TPSA) is 53.1 Å². The number of amides is 2. The van der Waals surface area contributed by atoms with Gasteiger partial charge < -0.3 is 9.64 Å². The molecule has 3 aromatic carbocycles. The van der Waals surface area contributed by atoms with Gasteiger partial charge in [0.15, 0.2) is 0 Å². The standard InChI is InChI=1S/C30H30FN3O3/c1-37-27-14-5-3-9-23(27)10-7-16-32-18-20-33(21-19-32)26-13-6-11-24-28(26)30(36)34(29(24)35)17-15-22-8-2-4-12-25(22)31/h2-14H,15-21H2,1H3/b10-7+. The molecule has 2 aliphatic heterocycles. The maximum Gasteiger partial charge on any atom is 0.263 e. The van der Waals surface area contributed by atoms with E-state index in [-0.39, 0.29) is 30.6 Å². The summed E-state index contributed by atoms with van der Waals surface area (Å²) in [6.07, 6.45) is 4.51. The van der Waals surface area contributed by atoms with Crippen molar-refractivity contribution in [3.8, 4) is 5.75 Å². The first-order valence-corrected chi connectivity index (χ1v) is 12.6. The largest absolute Gasteiger partial charge is 0.496 e. The lowest BCUT2D eigenvalue weighted by atomic mass is 10.1. The summed E-state index contributed by atoms with van der Waals surface area (Å²) in [5.74, 6) is -0.0773. The molecule has 1 fully saturated rings. The van der Waals surface area contributed by atoms with Gasteiger partial charge in [0.25, 0.3) is 11.8 Å². The van der Waals surface area contributed by atoms with E-state index in [1.54, 1.807) is 31.4 Å². The Morgan fingerprint density at radius 2 is 1.65 bits per heavy atom. The minimum atomic E-state index is -0.324. The van der Waals surface area contributed by atoms with Crippen LogP contribution in [0.5, 0.6) is 5.75 Å². The van der Waals surface area contributed by atoms with Gasteiger partial charge in [-0.1, -0.05) is 54.6 Å². The first kappa shape index (κ1) is 24.7. The Morgan fingerprint density at radius 3 is 2.43 bits per heavy atom. The van der Waals surface area contributed by atoms with E-state index in [1.165, 1.54) is 11.0 Å². The lowest BCUT2D eigenvalue weighted by Gasteiger charge is -2.36. The van der Waals surface area contributed by atoms with E-state index in [4.69, 9.17) is 4.74 Å². The number of carbonyl (C=O) groups is 2. The molecule has 0 radical (unpaired) electrons. The summed E-state index contributed by atoms with van der Waals surface area (Å²) in [4.78, 5) is 32.2. The minimum Gasteiger partial charge on any atom is -0.496 e. The van der Waals surface area contributed by atoms with Crippen LogP contribution in [0.15, 0.2) is 72.8 Å². The Balaban J connectivity index is 1.22. The van der Waals surface area contributed by atoms with Crippen molar-refractivity contribution < 1.29 is 18.7 Å². The summed E-state index contributed by atoms with van der Waals surface area (Å²) in [6.45, 7) is 4.18. The van der Waals surface area contributed by atoms with Gasteiger partial charge in [0.2, 0.25) is 0 Å². The Morgan fingerprint density at radius 1 is 0.892 bits per heavy atom. The summed E-state index contributed by atoms with van der Waals surface area (Å²) in [6, 6.07) is 19.8. The molecule has 3 aromatic rings. The Hall–Kier alpha value is -3.97. The molecule has 2 amide bonds. The number of piperazine rings is 1. The van der Waals surface area contributed by atoms with Crippen molar-refractivity contribution in [1.82, 2.24) is 9.80 Å². The van der Waals surface area contributed by atoms with Gasteiger partial charge in [0.05, 0.1) is 23.9 Å². The normalized spacial score (nSPS) is 16.1. The molecule has 190 valence electrons. The quantitative estimate of drug-likeness (QED) is 0.427. The van der Waals surface area contributed by atoms with E-state index in [1.807, 2.05) is 36.4 Å². The third-order valence-corrected chi connectivity index (χ3v) is 7.05. The Kier molecular flexibility index (Phi) is 7.32. The molecule has 6 nitrogen and oxygen atoms in total. The Labute approximate surface area is 216 Å². The number of methoxy groups -OCH3 is 1. The van der Waals surface area contributed by atoms with E-state index >= 15 is 0 Å². The molecule has 0 aromatic heterocycles. The lowest BCUT2D eigenvalue weighted by molar-refractivity contribution is 0.0656. The number of rotatable bonds is 8. The van der Waals surface area contributed by atoms with Gasteiger partial charge in [-0.2, -0.15) is 0 Å². The van der Waals surface area contributed by atoms with Gasteiger partial charge in [-0.05, 0) is 36.2 Å². The zero-order valence-corrected chi connectivity index (χ0v) is 20.9. The molecule has 0 aliphatic carbocycles. The molecule has 0 unspecified atom stereocenters. The average molecular weight is 500 g/mol. The third-order valence-electron chi connectivity index (χ3n) is 7.05. The van der Waals surface area contributed by atoms with E-state index in [0.717, 1.165) is 49.7 Å². The Bertz CT molecular complexity index is 1330. The number of carbonyl (C=O) groups excluding carboxylic acids is 2. The van der Waals surface area contributed by atoms with Crippen LogP contribution >= 0.6 is 0 Å². The molecule has 5 rings (SSSR count). The van der Waals surface area contributed by atoms with E-state index in [9.17, 15) is 14.0 Å². The van der Waals surface area contributed by atoms with Crippen LogP contribution in [0.4, 0.5) is 10.1 Å². The zero-order chi connectivity index (χ0) is 25.8. The van der Waals surface area contributed by atoms with Gasteiger partial charge in [-0.3, -0.25) is 19.4 Å². The number of imide groups is 1. The van der Waals surface area contributed by atoms with Crippen molar-refractivity contribution in [3.05, 3.63) is 101 Å². The van der Waals surface area contributed by atoms with Crippen LogP contribution in [0.25, 0.3) is 6.08 Å². The molecular weight excluding hydrogens is 469 g/mol. The number of fused-ring (bicyclic) bond motifs is 1. The summed E-state index contributed by atoms with van der Waals surface area (Å²) in [5.41, 5.74) is 3.23. The molecule has 2 aliphatic rings. The molecule has 0 spiro atoms. The van der Waals surface area contributed by atoms with Crippen LogP contribution in [0.3, 0.4) is 0 Å². The smallest absolute Gasteiger partial charge is 0.263 e. The van der Waals surface area contributed by atoms with Gasteiger partial charge in [0.1, 0.15) is 11.6 Å². The highest BCUT2D eigenvalue weighted by atomic mass is 19.1. The van der Waals surface area contributed by atoms with E-state index in [0.29, 0.717) is 16.7 Å². The number of ether oxygens (including phenoxy) is 1. The molecule has 37 heavy (non-hydrogen) atoms. The lowest BCUT2D eigenvalue weighted by Crippen LogP contribution is -2.46. The molecule has 2 heterocycles. The summed E-state index contributed by atoms with van der Waals surface area (Å²) >= 11 is 0. The first-order valence-electron chi connectivity index (χ1n) is 12.6. The number of hydrogen-bond donors (Lipinski definition) is 0. The highest BCUT2D eigenvalue weighted by Crippen LogP contribution is 2.32. The van der Waals surface area contributed by atoms with Crippen molar-refractivity contribution >= 4 is 23.6 Å². The van der Waals surface area contributed by atoms with Gasteiger partial charge in [-0.25, -0.2) is 4.39 Å². The highest BCUT2D eigenvalue weighted by molar-refractivity contribution is 6.23. The van der Waals surface area contributed by atoms with Crippen LogP contribution in [0.1, 0.15) is 31.8 Å². The summed E-state index contributed by atoms with van der Waals surface area (Å²) < 4.78 is 19.5. The third kappa shape index (κ3) is 5.13. The van der Waals surface area contributed by atoms with Crippen LogP contribution in [-0.2, 0) is 6.42 Å². The fourth-order valence-electron chi connectivity index (χ4n) is 5.02. The van der Waals surface area contributed by atoms with E-state index in [2.05, 4.69) is 22.0 Å². The fraction of sp³-hybridized carbons (Fsp3) is 0.267. The number of halogens is 1. The predicted molar refractivity (Wildman–Crippen MR) is 143 cm³/mol. The first-order chi connectivity index (χ1) is 18.1. The molecule has 0 saturated carbocycles. The number of benzene rings is 3. The average Bonchev–Trinajstić information content (AvgIpc) is 3.18. The van der Waals surface area contributed by atoms with E-state index < -0.39 is 0 Å². The minimum absolute atomic E-state index is 0.152. The number of hydrogen-bond acceptors (Lipinski definition) is 5. The second-order valence-corrected chi connectivity index (χ2v) is 9.24. The monoisotopic (exact) mass is 499 g/mol. The fourth-order valence-corrected chi connectivity index (χ4v) is 5.02. The van der Waals surface area contributed by atoms with Crippen LogP contribution in [0.2, 0.25) is 0 Å². The van der Waals surface area contributed by atoms with Crippen molar-refractivity contribution in [1.29, 1.82) is 0 Å². The second-order valence-electron chi connectivity index (χ2n) is 9.24. The number of anilines is 1. The van der Waals surface area contributed by atoms with Gasteiger partial charge in [-0.15, -0.1) is 0 Å². The molecule has 0 N–H and O–H groups in total. The molecule has 0 atom stereocenters. The number of para-hydroxylation sites is 1. The highest BCUT2D eigenvalue weighted by Gasteiger charge is 2.38. The summed E-state index contributed by atoms with van der Waals surface area (Å²) in [7, 11) is 1.67.